The largest absolute Gasteiger partial charge is 0.554 e. The fraction of sp³-hybridized carbons (Fsp3) is 0.409. The number of amides is 1. The number of rotatable bonds is 14. The van der Waals surface area contributed by atoms with Crippen molar-refractivity contribution in [2.24, 2.45) is 0 Å². The fourth-order valence-corrected chi connectivity index (χ4v) is 2.64. The van der Waals surface area contributed by atoms with E-state index in [9.17, 15) is 4.79 Å². The van der Waals surface area contributed by atoms with Crippen molar-refractivity contribution in [1.29, 1.82) is 0 Å². The zero-order valence-electron chi connectivity index (χ0n) is 17.4. The summed E-state index contributed by atoms with van der Waals surface area (Å²) in [7, 11) is 3.25. The Morgan fingerprint density at radius 2 is 1.50 bits per heavy atom. The molecular weight excluding hydrogens is 556 g/mol. The van der Waals surface area contributed by atoms with E-state index in [0.29, 0.717) is 51.6 Å². The Kier molecular flexibility index (Phi) is 13.8. The first-order valence-electron chi connectivity index (χ1n) is 9.56. The van der Waals surface area contributed by atoms with Crippen molar-refractivity contribution in [2.75, 3.05) is 53.7 Å². The molecule has 0 heterocycles. The molecule has 0 saturated heterocycles. The minimum Gasteiger partial charge on any atom is -0.554 e. The van der Waals surface area contributed by atoms with Gasteiger partial charge in [0.25, 0.3) is 5.91 Å². The van der Waals surface area contributed by atoms with Gasteiger partial charge >= 0.3 is 0 Å². The Morgan fingerprint density at radius 3 is 2.10 bits per heavy atom. The van der Waals surface area contributed by atoms with E-state index in [-0.39, 0.29) is 27.0 Å². The summed E-state index contributed by atoms with van der Waals surface area (Å²) in [5.74, 6) is 1.39. The molecule has 30 heavy (non-hydrogen) atoms. The van der Waals surface area contributed by atoms with Crippen LogP contribution in [-0.4, -0.2) is 59.6 Å². The van der Waals surface area contributed by atoms with Gasteiger partial charge < -0.3 is 29.6 Å². The van der Waals surface area contributed by atoms with E-state index in [1.165, 1.54) is 0 Å². The van der Waals surface area contributed by atoms with Gasteiger partial charge in [-0.05, 0) is 12.1 Å². The summed E-state index contributed by atoms with van der Waals surface area (Å²) in [5.41, 5.74) is 1.60. The molecule has 0 aromatic heterocycles. The van der Waals surface area contributed by atoms with Crippen LogP contribution in [0, 0.1) is 6.07 Å². The van der Waals surface area contributed by atoms with Gasteiger partial charge in [0.15, 0.2) is 0 Å². The number of methoxy groups -OCH3 is 2. The van der Waals surface area contributed by atoms with Gasteiger partial charge in [-0.3, -0.25) is 4.79 Å². The molecule has 0 aliphatic heterocycles. The Bertz CT molecular complexity index is 708. The van der Waals surface area contributed by atoms with Crippen molar-refractivity contribution < 1.29 is 44.8 Å². The van der Waals surface area contributed by atoms with Gasteiger partial charge in [0.1, 0.15) is 0 Å². The molecule has 0 atom stereocenters. The van der Waals surface area contributed by atoms with Crippen LogP contribution in [0.3, 0.4) is 0 Å². The molecule has 2 aromatic carbocycles. The second-order valence-corrected chi connectivity index (χ2v) is 6.09. The summed E-state index contributed by atoms with van der Waals surface area (Å²) >= 11 is 0. The normalized spacial score (nSPS) is 10.2. The van der Waals surface area contributed by atoms with Crippen molar-refractivity contribution in [3.63, 3.8) is 0 Å². The predicted molar refractivity (Wildman–Crippen MR) is 111 cm³/mol. The van der Waals surface area contributed by atoms with Crippen LogP contribution in [0.5, 0.6) is 11.5 Å². The Morgan fingerprint density at radius 1 is 0.900 bits per heavy atom. The molecule has 2 aromatic rings. The number of ether oxygens (including phenoxy) is 4. The number of benzene rings is 2. The molecule has 1 amide bonds. The topological polar surface area (TPSA) is 78.1 Å². The molecule has 2 rings (SSSR count). The first kappa shape index (κ1) is 26.1. The molecule has 8 heteroatoms. The third-order valence-electron chi connectivity index (χ3n) is 4.13. The Labute approximate surface area is 192 Å². The molecule has 0 saturated carbocycles. The van der Waals surface area contributed by atoms with E-state index in [1.807, 2.05) is 18.2 Å². The molecule has 0 fully saturated rings. The Hall–Kier alpha value is -1.92. The van der Waals surface area contributed by atoms with Crippen molar-refractivity contribution in [3.8, 4) is 11.5 Å². The second kappa shape index (κ2) is 15.9. The summed E-state index contributed by atoms with van der Waals surface area (Å²) < 4.78 is 21.7. The summed E-state index contributed by atoms with van der Waals surface area (Å²) in [6.07, 6.45) is 0. The smallest absolute Gasteiger partial charge is 0.251 e. The monoisotopic (exact) mass is 585 g/mol. The first-order valence-corrected chi connectivity index (χ1v) is 9.56. The molecule has 0 bridgehead atoms. The molecule has 7 nitrogen and oxygen atoms in total. The predicted octanol–water partition coefficient (Wildman–Crippen LogP) is 2.05. The van der Waals surface area contributed by atoms with Gasteiger partial charge in [-0.1, -0.05) is 23.8 Å². The van der Waals surface area contributed by atoms with Crippen molar-refractivity contribution in [1.82, 2.24) is 10.6 Å². The number of carbonyl (C=O) groups excluding carboxylic acids is 1. The van der Waals surface area contributed by atoms with Crippen LogP contribution in [0.4, 0.5) is 0 Å². The molecule has 0 radical (unpaired) electrons. The molecule has 2 N–H and O–H groups in total. The summed E-state index contributed by atoms with van der Waals surface area (Å²) in [5, 5.41) is 6.12. The molecular formula is C22H29N2O5W-. The van der Waals surface area contributed by atoms with Crippen LogP contribution in [0.2, 0.25) is 0 Å². The number of hydrogen-bond acceptors (Lipinski definition) is 6. The van der Waals surface area contributed by atoms with Gasteiger partial charge in [-0.15, -0.1) is 12.1 Å². The molecule has 0 unspecified atom stereocenters. The van der Waals surface area contributed by atoms with Gasteiger partial charge in [0.05, 0.1) is 40.6 Å². The molecule has 164 valence electrons. The van der Waals surface area contributed by atoms with E-state index in [4.69, 9.17) is 18.9 Å². The third-order valence-corrected chi connectivity index (χ3v) is 4.13. The van der Waals surface area contributed by atoms with Crippen molar-refractivity contribution in [2.45, 2.75) is 6.54 Å². The average Bonchev–Trinajstić information content (AvgIpc) is 2.77. The van der Waals surface area contributed by atoms with E-state index in [0.717, 1.165) is 17.1 Å². The van der Waals surface area contributed by atoms with Gasteiger partial charge in [0, 0.05) is 57.8 Å². The Balaban J connectivity index is 0.00000450. The van der Waals surface area contributed by atoms with E-state index < -0.39 is 0 Å². The van der Waals surface area contributed by atoms with Crippen LogP contribution in [0.1, 0.15) is 15.9 Å². The molecule has 0 spiro atoms. The maximum Gasteiger partial charge on any atom is 0.251 e. The van der Waals surface area contributed by atoms with Gasteiger partial charge in [0.2, 0.25) is 0 Å². The molecule has 0 aliphatic rings. The minimum absolute atomic E-state index is 0. The molecule has 0 aliphatic carbocycles. The van der Waals surface area contributed by atoms with Crippen LogP contribution in [0.25, 0.3) is 0 Å². The second-order valence-electron chi connectivity index (χ2n) is 6.09. The summed E-state index contributed by atoms with van der Waals surface area (Å²) in [6.45, 7) is 3.77. The van der Waals surface area contributed by atoms with E-state index in [1.54, 1.807) is 38.5 Å². The van der Waals surface area contributed by atoms with E-state index in [2.05, 4.69) is 16.7 Å². The van der Waals surface area contributed by atoms with Crippen molar-refractivity contribution in [3.05, 3.63) is 59.7 Å². The third kappa shape index (κ3) is 9.26. The summed E-state index contributed by atoms with van der Waals surface area (Å²) in [4.78, 5) is 11.8. The van der Waals surface area contributed by atoms with Crippen LogP contribution in [-0.2, 0) is 37.1 Å². The van der Waals surface area contributed by atoms with Crippen LogP contribution in [0.15, 0.2) is 42.5 Å². The standard InChI is InChI=1S/C22H29N2O5.W/c1-26-20-9-6-10-21(27-2)19(20)17-23-11-13-28-15-16-29-14-12-24-22(25)18-7-4-3-5-8-18;/h3-5,7-10,23H,11-17H2,1-2H3,(H,24,25);/q-1;. The minimum atomic E-state index is -0.0962. The number of nitrogens with one attached hydrogen (secondary N) is 2. The van der Waals surface area contributed by atoms with Crippen LogP contribution < -0.4 is 20.1 Å². The maximum atomic E-state index is 11.8. The van der Waals surface area contributed by atoms with Gasteiger partial charge in [-0.25, -0.2) is 0 Å². The average molecular weight is 585 g/mol. The van der Waals surface area contributed by atoms with Crippen molar-refractivity contribution >= 4 is 5.91 Å². The van der Waals surface area contributed by atoms with Gasteiger partial charge in [-0.2, -0.15) is 6.07 Å². The number of hydrogen-bond donors (Lipinski definition) is 2. The SMILES string of the molecule is COc1c[c-]cc(OC)c1CNCCOCCOCCNC(=O)c1ccccc1.[W]. The maximum absolute atomic E-state index is 11.8. The van der Waals surface area contributed by atoms with Crippen LogP contribution >= 0.6 is 0 Å². The zero-order chi connectivity index (χ0) is 20.7. The first-order chi connectivity index (χ1) is 14.3. The summed E-state index contributed by atoms with van der Waals surface area (Å²) in [6, 6.07) is 15.7. The zero-order valence-corrected chi connectivity index (χ0v) is 20.4. The quantitative estimate of drug-likeness (QED) is 0.261. The van der Waals surface area contributed by atoms with E-state index >= 15 is 0 Å². The number of carbonyl (C=O) groups is 1. The fourth-order valence-electron chi connectivity index (χ4n) is 2.64.